The molecule has 0 saturated carbocycles. The van der Waals surface area contributed by atoms with Gasteiger partial charge in [-0.3, -0.25) is 4.68 Å². The molecule has 0 spiro atoms. The van der Waals surface area contributed by atoms with Crippen molar-refractivity contribution in [2.45, 2.75) is 38.3 Å². The van der Waals surface area contributed by atoms with Crippen LogP contribution in [0.3, 0.4) is 0 Å². The Balaban J connectivity index is 1.97. The molecule has 1 aromatic heterocycles. The number of hydrogen-bond donors (Lipinski definition) is 1. The molecule has 0 bridgehead atoms. The van der Waals surface area contributed by atoms with Crippen LogP contribution in [0.25, 0.3) is 0 Å². The molecular formula is C12H21N3O. The normalized spacial score (nSPS) is 21.2. The molecule has 0 unspecified atom stereocenters. The van der Waals surface area contributed by atoms with E-state index in [1.54, 1.807) is 0 Å². The summed E-state index contributed by atoms with van der Waals surface area (Å²) in [5, 5.41) is 14.7. The number of piperidine rings is 1. The minimum Gasteiger partial charge on any atom is -0.389 e. The SMILES string of the molecule is CCn1cc(CC2(O)CCN(C)CC2)cn1. The lowest BCUT2D eigenvalue weighted by molar-refractivity contribution is -0.0150. The van der Waals surface area contributed by atoms with E-state index in [1.807, 2.05) is 17.1 Å². The van der Waals surface area contributed by atoms with Gasteiger partial charge in [0, 0.05) is 32.3 Å². The van der Waals surface area contributed by atoms with Crippen LogP contribution in [0.5, 0.6) is 0 Å². The molecule has 2 rings (SSSR count). The van der Waals surface area contributed by atoms with Crippen LogP contribution in [-0.2, 0) is 13.0 Å². The summed E-state index contributed by atoms with van der Waals surface area (Å²) in [7, 11) is 2.11. The van der Waals surface area contributed by atoms with Gasteiger partial charge >= 0.3 is 0 Å². The number of aliphatic hydroxyl groups is 1. The van der Waals surface area contributed by atoms with Gasteiger partial charge in [-0.25, -0.2) is 0 Å². The van der Waals surface area contributed by atoms with Gasteiger partial charge in [0.05, 0.1) is 11.8 Å². The fourth-order valence-electron chi connectivity index (χ4n) is 2.26. The van der Waals surface area contributed by atoms with E-state index >= 15 is 0 Å². The first-order chi connectivity index (χ1) is 7.61. The van der Waals surface area contributed by atoms with Crippen molar-refractivity contribution in [3.8, 4) is 0 Å². The summed E-state index contributed by atoms with van der Waals surface area (Å²) >= 11 is 0. The van der Waals surface area contributed by atoms with E-state index in [9.17, 15) is 5.11 Å². The zero-order chi connectivity index (χ0) is 11.6. The third-order valence-corrected chi connectivity index (χ3v) is 3.46. The van der Waals surface area contributed by atoms with E-state index in [0.717, 1.165) is 44.5 Å². The number of aromatic nitrogens is 2. The highest BCUT2D eigenvalue weighted by Gasteiger charge is 2.31. The summed E-state index contributed by atoms with van der Waals surface area (Å²) in [6.07, 6.45) is 6.37. The summed E-state index contributed by atoms with van der Waals surface area (Å²) in [6, 6.07) is 0. The Bertz CT molecular complexity index is 340. The van der Waals surface area contributed by atoms with E-state index in [1.165, 1.54) is 0 Å². The maximum Gasteiger partial charge on any atom is 0.0713 e. The lowest BCUT2D eigenvalue weighted by atomic mass is 9.86. The second-order valence-corrected chi connectivity index (χ2v) is 4.91. The number of likely N-dealkylation sites (tertiary alicyclic amines) is 1. The van der Waals surface area contributed by atoms with Crippen LogP contribution in [-0.4, -0.2) is 45.5 Å². The second kappa shape index (κ2) is 4.55. The maximum absolute atomic E-state index is 10.5. The van der Waals surface area contributed by atoms with Crippen LogP contribution in [0.4, 0.5) is 0 Å². The molecule has 0 aliphatic carbocycles. The van der Waals surface area contributed by atoms with Crippen LogP contribution in [0.1, 0.15) is 25.3 Å². The predicted molar refractivity (Wildman–Crippen MR) is 63.3 cm³/mol. The Hall–Kier alpha value is -0.870. The highest BCUT2D eigenvalue weighted by Crippen LogP contribution is 2.25. The molecule has 1 aromatic rings. The fourth-order valence-corrected chi connectivity index (χ4v) is 2.26. The van der Waals surface area contributed by atoms with Crippen molar-refractivity contribution in [1.82, 2.24) is 14.7 Å². The Morgan fingerprint density at radius 2 is 2.12 bits per heavy atom. The van der Waals surface area contributed by atoms with E-state index in [-0.39, 0.29) is 0 Å². The van der Waals surface area contributed by atoms with E-state index < -0.39 is 5.60 Å². The van der Waals surface area contributed by atoms with Gasteiger partial charge in [0.25, 0.3) is 0 Å². The summed E-state index contributed by atoms with van der Waals surface area (Å²) in [5.74, 6) is 0. The molecule has 16 heavy (non-hydrogen) atoms. The van der Waals surface area contributed by atoms with Crippen LogP contribution in [0.15, 0.2) is 12.4 Å². The monoisotopic (exact) mass is 223 g/mol. The minimum absolute atomic E-state index is 0.520. The van der Waals surface area contributed by atoms with E-state index in [2.05, 4.69) is 24.0 Å². The van der Waals surface area contributed by atoms with Crippen molar-refractivity contribution in [3.05, 3.63) is 18.0 Å². The molecule has 1 fully saturated rings. The lowest BCUT2D eigenvalue weighted by Crippen LogP contribution is -2.44. The molecule has 0 amide bonds. The van der Waals surface area contributed by atoms with Gasteiger partial charge in [0.2, 0.25) is 0 Å². The molecule has 4 nitrogen and oxygen atoms in total. The van der Waals surface area contributed by atoms with Crippen molar-refractivity contribution in [2.24, 2.45) is 0 Å². The molecular weight excluding hydrogens is 202 g/mol. The summed E-state index contributed by atoms with van der Waals surface area (Å²) in [5.41, 5.74) is 0.627. The van der Waals surface area contributed by atoms with Crippen molar-refractivity contribution in [3.63, 3.8) is 0 Å². The molecule has 1 aliphatic heterocycles. The van der Waals surface area contributed by atoms with Crippen molar-refractivity contribution >= 4 is 0 Å². The maximum atomic E-state index is 10.5. The first-order valence-electron chi connectivity index (χ1n) is 6.03. The molecule has 1 aliphatic rings. The molecule has 0 atom stereocenters. The van der Waals surface area contributed by atoms with Gasteiger partial charge in [-0.1, -0.05) is 0 Å². The van der Waals surface area contributed by atoms with E-state index in [4.69, 9.17) is 0 Å². The third-order valence-electron chi connectivity index (χ3n) is 3.46. The zero-order valence-corrected chi connectivity index (χ0v) is 10.2. The van der Waals surface area contributed by atoms with Crippen LogP contribution in [0, 0.1) is 0 Å². The number of hydrogen-bond acceptors (Lipinski definition) is 3. The molecule has 1 saturated heterocycles. The topological polar surface area (TPSA) is 41.3 Å². The van der Waals surface area contributed by atoms with Crippen LogP contribution >= 0.6 is 0 Å². The largest absolute Gasteiger partial charge is 0.389 e. The van der Waals surface area contributed by atoms with E-state index in [0.29, 0.717) is 0 Å². The zero-order valence-electron chi connectivity index (χ0n) is 10.2. The average molecular weight is 223 g/mol. The Morgan fingerprint density at radius 3 is 2.69 bits per heavy atom. The van der Waals surface area contributed by atoms with Crippen molar-refractivity contribution in [2.75, 3.05) is 20.1 Å². The average Bonchev–Trinajstić information content (AvgIpc) is 2.70. The van der Waals surface area contributed by atoms with Gasteiger partial charge < -0.3 is 10.0 Å². The van der Waals surface area contributed by atoms with Crippen LogP contribution < -0.4 is 0 Å². The molecule has 1 N–H and O–H groups in total. The molecule has 4 heteroatoms. The number of nitrogens with zero attached hydrogens (tertiary/aromatic N) is 3. The Kier molecular flexibility index (Phi) is 3.30. The first-order valence-corrected chi connectivity index (χ1v) is 6.03. The summed E-state index contributed by atoms with van der Waals surface area (Å²) in [4.78, 5) is 2.27. The summed E-state index contributed by atoms with van der Waals surface area (Å²) < 4.78 is 1.91. The summed E-state index contributed by atoms with van der Waals surface area (Å²) in [6.45, 7) is 4.93. The van der Waals surface area contributed by atoms with Crippen molar-refractivity contribution < 1.29 is 5.11 Å². The van der Waals surface area contributed by atoms with Gasteiger partial charge in [0.15, 0.2) is 0 Å². The number of rotatable bonds is 3. The van der Waals surface area contributed by atoms with Gasteiger partial charge in [-0.05, 0) is 32.4 Å². The quantitative estimate of drug-likeness (QED) is 0.828. The fraction of sp³-hybridized carbons (Fsp3) is 0.750. The Morgan fingerprint density at radius 1 is 1.44 bits per heavy atom. The van der Waals surface area contributed by atoms with Gasteiger partial charge in [-0.2, -0.15) is 5.10 Å². The molecule has 0 radical (unpaired) electrons. The van der Waals surface area contributed by atoms with Gasteiger partial charge in [0.1, 0.15) is 0 Å². The number of aryl methyl sites for hydroxylation is 1. The standard InChI is InChI=1S/C12H21N3O/c1-3-15-10-11(9-13-15)8-12(16)4-6-14(2)7-5-12/h9-10,16H,3-8H2,1-2H3. The molecule has 2 heterocycles. The third kappa shape index (κ3) is 2.62. The first kappa shape index (κ1) is 11.6. The van der Waals surface area contributed by atoms with Crippen molar-refractivity contribution in [1.29, 1.82) is 0 Å². The smallest absolute Gasteiger partial charge is 0.0713 e. The lowest BCUT2D eigenvalue weighted by Gasteiger charge is -2.36. The highest BCUT2D eigenvalue weighted by atomic mass is 16.3. The molecule has 0 aromatic carbocycles. The second-order valence-electron chi connectivity index (χ2n) is 4.91. The molecule has 90 valence electrons. The predicted octanol–water partition coefficient (Wildman–Crippen LogP) is 0.902. The minimum atomic E-state index is -0.520. The Labute approximate surface area is 96.9 Å². The van der Waals surface area contributed by atoms with Crippen LogP contribution in [0.2, 0.25) is 0 Å². The highest BCUT2D eigenvalue weighted by molar-refractivity contribution is 5.09. The van der Waals surface area contributed by atoms with Gasteiger partial charge in [-0.15, -0.1) is 0 Å².